The minimum absolute atomic E-state index is 0.569. The third-order valence-corrected chi connectivity index (χ3v) is 5.93. The van der Waals surface area contributed by atoms with Crippen molar-refractivity contribution in [3.05, 3.63) is 42.2 Å². The zero-order chi connectivity index (χ0) is 14.9. The summed E-state index contributed by atoms with van der Waals surface area (Å²) in [6.07, 6.45) is 9.69. The van der Waals surface area contributed by atoms with Gasteiger partial charge in [0.25, 0.3) is 0 Å². The van der Waals surface area contributed by atoms with E-state index in [4.69, 9.17) is 9.47 Å². The maximum atomic E-state index is 6.12. The van der Waals surface area contributed by atoms with Gasteiger partial charge in [0.1, 0.15) is 0 Å². The van der Waals surface area contributed by atoms with E-state index < -0.39 is 0 Å². The minimum atomic E-state index is 0.569. The van der Waals surface area contributed by atoms with E-state index in [1.54, 1.807) is 0 Å². The van der Waals surface area contributed by atoms with Crippen LogP contribution in [0.4, 0.5) is 0 Å². The number of rotatable bonds is 4. The quantitative estimate of drug-likeness (QED) is 0.753. The van der Waals surface area contributed by atoms with E-state index in [1.165, 1.54) is 43.2 Å². The van der Waals surface area contributed by atoms with Gasteiger partial charge in [0.05, 0.1) is 25.1 Å². The lowest BCUT2D eigenvalue weighted by Gasteiger charge is -2.36. The number of fused-ring (bicyclic) bond motifs is 5. The molecule has 0 N–H and O–H groups in total. The van der Waals surface area contributed by atoms with Gasteiger partial charge in [-0.25, -0.2) is 0 Å². The third kappa shape index (κ3) is 2.69. The third-order valence-electron chi connectivity index (χ3n) is 5.93. The molecular weight excluding hydrogens is 272 g/mol. The summed E-state index contributed by atoms with van der Waals surface area (Å²) in [6.45, 7) is 2.99. The van der Waals surface area contributed by atoms with Crippen LogP contribution in [0.25, 0.3) is 5.57 Å². The summed E-state index contributed by atoms with van der Waals surface area (Å²) >= 11 is 0. The maximum absolute atomic E-state index is 6.12. The Morgan fingerprint density at radius 2 is 1.86 bits per heavy atom. The molecule has 1 aromatic rings. The summed E-state index contributed by atoms with van der Waals surface area (Å²) in [4.78, 5) is 0. The van der Waals surface area contributed by atoms with Crippen LogP contribution >= 0.6 is 0 Å². The molecule has 1 aliphatic carbocycles. The highest BCUT2D eigenvalue weighted by Crippen LogP contribution is 2.51. The van der Waals surface area contributed by atoms with Crippen LogP contribution in [0.3, 0.4) is 0 Å². The highest BCUT2D eigenvalue weighted by Gasteiger charge is 2.50. The SMILES string of the molecule is C/C(=C/OCC1CCC2C3CCC(O3)C2C1)c1ccccc1. The van der Waals surface area contributed by atoms with Gasteiger partial charge in [-0.2, -0.15) is 0 Å². The summed E-state index contributed by atoms with van der Waals surface area (Å²) in [5.74, 6) is 2.39. The molecule has 0 amide bonds. The second kappa shape index (κ2) is 6.08. The molecule has 0 aromatic heterocycles. The largest absolute Gasteiger partial charge is 0.501 e. The topological polar surface area (TPSA) is 18.5 Å². The van der Waals surface area contributed by atoms with Crippen molar-refractivity contribution < 1.29 is 9.47 Å². The number of benzene rings is 1. The lowest BCUT2D eigenvalue weighted by Crippen LogP contribution is -2.34. The fraction of sp³-hybridized carbons (Fsp3) is 0.600. The Labute approximate surface area is 133 Å². The number of hydrogen-bond acceptors (Lipinski definition) is 2. The van der Waals surface area contributed by atoms with E-state index in [0.29, 0.717) is 18.1 Å². The molecule has 118 valence electrons. The zero-order valence-corrected chi connectivity index (χ0v) is 13.4. The number of ether oxygens (including phenoxy) is 2. The first-order valence-electron chi connectivity index (χ1n) is 8.80. The summed E-state index contributed by atoms with van der Waals surface area (Å²) < 4.78 is 12.0. The monoisotopic (exact) mass is 298 g/mol. The Morgan fingerprint density at radius 1 is 1.09 bits per heavy atom. The van der Waals surface area contributed by atoms with E-state index in [-0.39, 0.29) is 0 Å². The molecule has 5 atom stereocenters. The van der Waals surface area contributed by atoms with Crippen molar-refractivity contribution in [1.29, 1.82) is 0 Å². The molecule has 2 nitrogen and oxygen atoms in total. The molecule has 2 saturated heterocycles. The van der Waals surface area contributed by atoms with Crippen molar-refractivity contribution in [2.45, 2.75) is 51.2 Å². The van der Waals surface area contributed by atoms with Gasteiger partial charge < -0.3 is 9.47 Å². The van der Waals surface area contributed by atoms with Crippen molar-refractivity contribution >= 4 is 5.57 Å². The van der Waals surface area contributed by atoms with Crippen molar-refractivity contribution in [2.24, 2.45) is 17.8 Å². The lowest BCUT2D eigenvalue weighted by molar-refractivity contribution is 0.0850. The first-order chi connectivity index (χ1) is 10.8. The van der Waals surface area contributed by atoms with Crippen LogP contribution in [0, 0.1) is 17.8 Å². The van der Waals surface area contributed by atoms with Crippen LogP contribution in [-0.2, 0) is 9.47 Å². The molecule has 2 heteroatoms. The van der Waals surface area contributed by atoms with Gasteiger partial charge in [0, 0.05) is 0 Å². The van der Waals surface area contributed by atoms with E-state index >= 15 is 0 Å². The fourth-order valence-electron chi connectivity index (χ4n) is 4.76. The molecule has 3 fully saturated rings. The van der Waals surface area contributed by atoms with Gasteiger partial charge in [-0.3, -0.25) is 0 Å². The van der Waals surface area contributed by atoms with Crippen LogP contribution in [0.2, 0.25) is 0 Å². The summed E-state index contributed by atoms with van der Waals surface area (Å²) in [6, 6.07) is 10.5. The standard InChI is InChI=1S/C20H26O2/c1-14(16-5-3-2-4-6-16)12-21-13-15-7-8-17-18(11-15)20-10-9-19(17)22-20/h2-6,12,15,17-20H,7-11,13H2,1H3/b14-12-. The molecule has 0 radical (unpaired) electrons. The van der Waals surface area contributed by atoms with Crippen LogP contribution in [0.5, 0.6) is 0 Å². The van der Waals surface area contributed by atoms with Gasteiger partial charge in [0.15, 0.2) is 0 Å². The van der Waals surface area contributed by atoms with Crippen molar-refractivity contribution in [3.8, 4) is 0 Å². The van der Waals surface area contributed by atoms with Gasteiger partial charge in [-0.1, -0.05) is 30.3 Å². The molecule has 5 unspecified atom stereocenters. The highest BCUT2D eigenvalue weighted by atomic mass is 16.5. The molecule has 0 spiro atoms. The molecule has 2 bridgehead atoms. The van der Waals surface area contributed by atoms with E-state index in [2.05, 4.69) is 31.2 Å². The predicted octanol–water partition coefficient (Wildman–Crippen LogP) is 4.66. The first kappa shape index (κ1) is 14.3. The molecule has 1 aromatic carbocycles. The Hall–Kier alpha value is -1.28. The molecule has 1 saturated carbocycles. The maximum Gasteiger partial charge on any atom is 0.0901 e. The normalized spacial score (nSPS) is 37.1. The Kier molecular flexibility index (Phi) is 3.96. The summed E-state index contributed by atoms with van der Waals surface area (Å²) in [5.41, 5.74) is 2.45. The average molecular weight is 298 g/mol. The number of hydrogen-bond donors (Lipinski definition) is 0. The van der Waals surface area contributed by atoms with Crippen molar-refractivity contribution in [1.82, 2.24) is 0 Å². The second-order valence-electron chi connectivity index (χ2n) is 7.30. The summed E-state index contributed by atoms with van der Waals surface area (Å²) in [7, 11) is 0. The molecule has 2 heterocycles. The molecule has 4 rings (SSSR count). The van der Waals surface area contributed by atoms with Gasteiger partial charge >= 0.3 is 0 Å². The molecule has 3 aliphatic rings. The van der Waals surface area contributed by atoms with Crippen LogP contribution < -0.4 is 0 Å². The Morgan fingerprint density at radius 3 is 2.68 bits per heavy atom. The average Bonchev–Trinajstić information content (AvgIpc) is 3.17. The van der Waals surface area contributed by atoms with E-state index in [0.717, 1.165) is 18.4 Å². The first-order valence-corrected chi connectivity index (χ1v) is 8.80. The van der Waals surface area contributed by atoms with Gasteiger partial charge in [-0.05, 0) is 67.9 Å². The lowest BCUT2D eigenvalue weighted by atomic mass is 9.68. The Balaban J connectivity index is 1.30. The van der Waals surface area contributed by atoms with Gasteiger partial charge in [0.2, 0.25) is 0 Å². The molecule has 2 aliphatic heterocycles. The second-order valence-corrected chi connectivity index (χ2v) is 7.30. The Bertz CT molecular complexity index is 536. The summed E-state index contributed by atoms with van der Waals surface area (Å²) in [5, 5.41) is 0. The van der Waals surface area contributed by atoms with Crippen LogP contribution in [0.15, 0.2) is 36.6 Å². The van der Waals surface area contributed by atoms with E-state index in [9.17, 15) is 0 Å². The smallest absolute Gasteiger partial charge is 0.0901 e. The van der Waals surface area contributed by atoms with Crippen LogP contribution in [0.1, 0.15) is 44.6 Å². The van der Waals surface area contributed by atoms with Gasteiger partial charge in [-0.15, -0.1) is 0 Å². The highest BCUT2D eigenvalue weighted by molar-refractivity contribution is 5.62. The molecular formula is C20H26O2. The minimum Gasteiger partial charge on any atom is -0.501 e. The molecule has 22 heavy (non-hydrogen) atoms. The van der Waals surface area contributed by atoms with Crippen molar-refractivity contribution in [2.75, 3.05) is 6.61 Å². The fourth-order valence-corrected chi connectivity index (χ4v) is 4.76. The van der Waals surface area contributed by atoms with E-state index in [1.807, 2.05) is 12.3 Å². The zero-order valence-electron chi connectivity index (χ0n) is 13.4. The number of allylic oxidation sites excluding steroid dienone is 1. The van der Waals surface area contributed by atoms with Crippen molar-refractivity contribution in [3.63, 3.8) is 0 Å². The predicted molar refractivity (Wildman–Crippen MR) is 88.3 cm³/mol. The van der Waals surface area contributed by atoms with Crippen LogP contribution in [-0.4, -0.2) is 18.8 Å².